The van der Waals surface area contributed by atoms with Gasteiger partial charge in [0.05, 0.1) is 5.54 Å². The molecule has 0 bridgehead atoms. The van der Waals surface area contributed by atoms with Gasteiger partial charge in [-0.2, -0.15) is 0 Å². The average Bonchev–Trinajstić information content (AvgIpc) is 2.74. The molecule has 4 heteroatoms. The number of amides is 2. The van der Waals surface area contributed by atoms with Crippen LogP contribution in [0.25, 0.3) is 0 Å². The van der Waals surface area contributed by atoms with Crippen LogP contribution in [0.3, 0.4) is 0 Å². The Balaban J connectivity index is 2.20. The highest BCUT2D eigenvalue weighted by Crippen LogP contribution is 2.48. The number of rotatable bonds is 4. The Bertz CT molecular complexity index is 379. The second-order valence-electron chi connectivity index (χ2n) is 7.48. The van der Waals surface area contributed by atoms with E-state index >= 15 is 0 Å². The summed E-state index contributed by atoms with van der Waals surface area (Å²) in [6, 6.07) is 0. The van der Waals surface area contributed by atoms with Gasteiger partial charge in [0, 0.05) is 19.4 Å². The van der Waals surface area contributed by atoms with Crippen molar-refractivity contribution in [1.29, 1.82) is 0 Å². The predicted octanol–water partition coefficient (Wildman–Crippen LogP) is 2.46. The molecule has 1 unspecified atom stereocenters. The Hall–Kier alpha value is -0.900. The number of likely N-dealkylation sites (tertiary alicyclic amines) is 1. The predicted molar refractivity (Wildman–Crippen MR) is 78.9 cm³/mol. The van der Waals surface area contributed by atoms with Crippen molar-refractivity contribution in [2.24, 2.45) is 17.1 Å². The maximum atomic E-state index is 12.6. The lowest BCUT2D eigenvalue weighted by molar-refractivity contribution is -0.161. The molecule has 20 heavy (non-hydrogen) atoms. The van der Waals surface area contributed by atoms with Gasteiger partial charge in [-0.15, -0.1) is 0 Å². The molecule has 2 rings (SSSR count). The van der Waals surface area contributed by atoms with Crippen LogP contribution < -0.4 is 5.73 Å². The van der Waals surface area contributed by atoms with Crippen molar-refractivity contribution in [3.63, 3.8) is 0 Å². The lowest BCUT2D eigenvalue weighted by atomic mass is 9.74. The summed E-state index contributed by atoms with van der Waals surface area (Å²) in [7, 11) is 0. The van der Waals surface area contributed by atoms with Crippen molar-refractivity contribution < 1.29 is 9.59 Å². The third-order valence-electron chi connectivity index (χ3n) is 5.04. The molecule has 2 aliphatic rings. The van der Waals surface area contributed by atoms with Gasteiger partial charge in [0.2, 0.25) is 11.8 Å². The number of hydrogen-bond acceptors (Lipinski definition) is 3. The number of carbonyl (C=O) groups is 2. The maximum Gasteiger partial charge on any atom is 0.230 e. The van der Waals surface area contributed by atoms with Crippen LogP contribution in [-0.2, 0) is 9.59 Å². The summed E-state index contributed by atoms with van der Waals surface area (Å²) in [4.78, 5) is 26.7. The van der Waals surface area contributed by atoms with Crippen molar-refractivity contribution in [2.45, 2.75) is 71.3 Å². The van der Waals surface area contributed by atoms with Crippen LogP contribution >= 0.6 is 0 Å². The minimum atomic E-state index is -0.525. The maximum absolute atomic E-state index is 12.6. The molecule has 1 aliphatic heterocycles. The molecule has 0 radical (unpaired) electrons. The number of nitrogens with two attached hydrogens (primary N) is 1. The molecule has 1 atom stereocenters. The zero-order chi connectivity index (χ0) is 15.0. The summed E-state index contributed by atoms with van der Waals surface area (Å²) in [6.45, 7) is 6.50. The van der Waals surface area contributed by atoms with E-state index in [1.807, 2.05) is 6.92 Å². The van der Waals surface area contributed by atoms with E-state index in [2.05, 4.69) is 13.8 Å². The van der Waals surface area contributed by atoms with Gasteiger partial charge in [-0.25, -0.2) is 0 Å². The van der Waals surface area contributed by atoms with E-state index < -0.39 is 5.54 Å². The quantitative estimate of drug-likeness (QED) is 0.805. The Morgan fingerprint density at radius 3 is 2.10 bits per heavy atom. The van der Waals surface area contributed by atoms with Gasteiger partial charge in [0.15, 0.2) is 0 Å². The fraction of sp³-hybridized carbons (Fsp3) is 0.875. The first kappa shape index (κ1) is 15.5. The molecule has 2 N–H and O–H groups in total. The first-order chi connectivity index (χ1) is 9.32. The van der Waals surface area contributed by atoms with Gasteiger partial charge in [0.1, 0.15) is 0 Å². The molecule has 2 amide bonds. The SMILES string of the molecule is CC(C)CC(C)(CN)N1C(=O)CC2(CCCC2)CC1=O. The molecule has 0 aromatic heterocycles. The summed E-state index contributed by atoms with van der Waals surface area (Å²) in [5.41, 5.74) is 5.35. The monoisotopic (exact) mass is 280 g/mol. The normalized spacial score (nSPS) is 25.6. The second-order valence-corrected chi connectivity index (χ2v) is 7.48. The largest absolute Gasteiger partial charge is 0.328 e. The van der Waals surface area contributed by atoms with Crippen molar-refractivity contribution in [1.82, 2.24) is 4.90 Å². The molecule has 0 aromatic rings. The fourth-order valence-corrected chi connectivity index (χ4v) is 4.23. The summed E-state index contributed by atoms with van der Waals surface area (Å²) < 4.78 is 0. The zero-order valence-electron chi connectivity index (χ0n) is 13.1. The molecule has 1 spiro atoms. The van der Waals surface area contributed by atoms with Crippen LogP contribution in [0.4, 0.5) is 0 Å². The summed E-state index contributed by atoms with van der Waals surface area (Å²) >= 11 is 0. The minimum absolute atomic E-state index is 0.00301. The van der Waals surface area contributed by atoms with E-state index in [0.717, 1.165) is 32.1 Å². The molecular weight excluding hydrogens is 252 g/mol. The van der Waals surface area contributed by atoms with Crippen molar-refractivity contribution in [3.8, 4) is 0 Å². The van der Waals surface area contributed by atoms with Gasteiger partial charge >= 0.3 is 0 Å². The van der Waals surface area contributed by atoms with E-state index in [4.69, 9.17) is 5.73 Å². The Labute approximate surface area is 122 Å². The summed E-state index contributed by atoms with van der Waals surface area (Å²) in [5.74, 6) is 0.403. The second kappa shape index (κ2) is 5.47. The first-order valence-electron chi connectivity index (χ1n) is 7.88. The van der Waals surface area contributed by atoms with Crippen LogP contribution in [0.5, 0.6) is 0 Å². The minimum Gasteiger partial charge on any atom is -0.328 e. The smallest absolute Gasteiger partial charge is 0.230 e. The van der Waals surface area contributed by atoms with Crippen molar-refractivity contribution >= 4 is 11.8 Å². The first-order valence-corrected chi connectivity index (χ1v) is 7.88. The number of piperidine rings is 1. The highest BCUT2D eigenvalue weighted by Gasteiger charge is 2.49. The van der Waals surface area contributed by atoms with Crippen LogP contribution in [-0.4, -0.2) is 28.8 Å². The van der Waals surface area contributed by atoms with E-state index in [1.165, 1.54) is 4.90 Å². The fourth-order valence-electron chi connectivity index (χ4n) is 4.23. The summed E-state index contributed by atoms with van der Waals surface area (Å²) in [6.07, 6.45) is 6.21. The molecule has 1 saturated carbocycles. The number of carbonyl (C=O) groups excluding carboxylic acids is 2. The third kappa shape index (κ3) is 2.76. The van der Waals surface area contributed by atoms with E-state index in [-0.39, 0.29) is 17.2 Å². The van der Waals surface area contributed by atoms with Crippen molar-refractivity contribution in [2.75, 3.05) is 6.54 Å². The average molecular weight is 280 g/mol. The molecule has 4 nitrogen and oxygen atoms in total. The molecule has 1 heterocycles. The van der Waals surface area contributed by atoms with Crippen molar-refractivity contribution in [3.05, 3.63) is 0 Å². The topological polar surface area (TPSA) is 63.4 Å². The lowest BCUT2D eigenvalue weighted by Gasteiger charge is -2.46. The Morgan fingerprint density at radius 1 is 1.20 bits per heavy atom. The lowest BCUT2D eigenvalue weighted by Crippen LogP contribution is -2.61. The molecule has 0 aromatic carbocycles. The van der Waals surface area contributed by atoms with Crippen LogP contribution in [0.1, 0.15) is 65.7 Å². The number of imide groups is 1. The highest BCUT2D eigenvalue weighted by atomic mass is 16.2. The van der Waals surface area contributed by atoms with E-state index in [1.54, 1.807) is 0 Å². The molecular formula is C16H28N2O2. The standard InChI is InChI=1S/C16H28N2O2/c1-12(2)8-15(3,11-17)18-13(19)9-16(10-14(18)20)6-4-5-7-16/h12H,4-11,17H2,1-3H3. The molecule has 114 valence electrons. The van der Waals surface area contributed by atoms with E-state index in [0.29, 0.717) is 25.3 Å². The summed E-state index contributed by atoms with van der Waals surface area (Å²) in [5, 5.41) is 0. The van der Waals surface area contributed by atoms with Gasteiger partial charge in [-0.05, 0) is 37.5 Å². The molecule has 1 aliphatic carbocycles. The third-order valence-corrected chi connectivity index (χ3v) is 5.04. The van der Waals surface area contributed by atoms with Gasteiger partial charge in [-0.1, -0.05) is 26.7 Å². The molecule has 2 fully saturated rings. The highest BCUT2D eigenvalue weighted by molar-refractivity contribution is 5.99. The van der Waals surface area contributed by atoms with Crippen LogP contribution in [0.2, 0.25) is 0 Å². The Kier molecular flexibility index (Phi) is 4.24. The van der Waals surface area contributed by atoms with E-state index in [9.17, 15) is 9.59 Å². The van der Waals surface area contributed by atoms with Gasteiger partial charge < -0.3 is 5.73 Å². The van der Waals surface area contributed by atoms with Crippen LogP contribution in [0.15, 0.2) is 0 Å². The number of hydrogen-bond donors (Lipinski definition) is 1. The zero-order valence-corrected chi connectivity index (χ0v) is 13.1. The number of nitrogens with zero attached hydrogens (tertiary/aromatic N) is 1. The Morgan fingerprint density at radius 2 is 1.70 bits per heavy atom. The van der Waals surface area contributed by atoms with Gasteiger partial charge in [0.25, 0.3) is 0 Å². The van der Waals surface area contributed by atoms with Crippen LogP contribution in [0, 0.1) is 11.3 Å². The van der Waals surface area contributed by atoms with Gasteiger partial charge in [-0.3, -0.25) is 14.5 Å². The molecule has 1 saturated heterocycles.